The Morgan fingerprint density at radius 2 is 2.33 bits per heavy atom. The molecule has 0 spiro atoms. The lowest BCUT2D eigenvalue weighted by atomic mass is 10.1. The molecule has 4 N–H and O–H groups in total. The fraction of sp³-hybridized carbons (Fsp3) is 0.583. The van der Waals surface area contributed by atoms with Crippen molar-refractivity contribution < 1.29 is 18.3 Å². The molecule has 2 heterocycles. The number of nitrogens with two attached hydrogens (primary N) is 1. The third-order valence-corrected chi connectivity index (χ3v) is 5.02. The Hall–Kier alpha value is -1.26. The molecule has 1 aromatic rings. The Labute approximate surface area is 123 Å². The summed E-state index contributed by atoms with van der Waals surface area (Å²) in [5.74, 6) is 5.41. The Morgan fingerprint density at radius 3 is 2.95 bits per heavy atom. The van der Waals surface area contributed by atoms with Crippen LogP contribution in [0.2, 0.25) is 0 Å². The number of aromatic nitrogens is 1. The van der Waals surface area contributed by atoms with Crippen LogP contribution in [0.3, 0.4) is 0 Å². The first-order valence-electron chi connectivity index (χ1n) is 6.50. The minimum Gasteiger partial charge on any atom is -0.394 e. The van der Waals surface area contributed by atoms with E-state index in [0.29, 0.717) is 0 Å². The predicted octanol–water partition coefficient (Wildman–Crippen LogP) is -0.472. The Bertz CT molecular complexity index is 605. The molecule has 1 aromatic heterocycles. The summed E-state index contributed by atoms with van der Waals surface area (Å²) in [6.45, 7) is 3.59. The van der Waals surface area contributed by atoms with Crippen LogP contribution in [0.25, 0.3) is 0 Å². The Kier molecular flexibility index (Phi) is 4.49. The van der Waals surface area contributed by atoms with E-state index in [1.807, 2.05) is 0 Å². The van der Waals surface area contributed by atoms with Crippen LogP contribution in [0, 0.1) is 0 Å². The van der Waals surface area contributed by atoms with Crippen LogP contribution in [0.5, 0.6) is 0 Å². The maximum Gasteiger partial charge on any atom is 0.246 e. The minimum atomic E-state index is -3.78. The van der Waals surface area contributed by atoms with Crippen LogP contribution >= 0.6 is 0 Å². The first kappa shape index (κ1) is 16.1. The van der Waals surface area contributed by atoms with Crippen molar-refractivity contribution >= 4 is 15.8 Å². The number of hydrogen-bond acceptors (Lipinski definition) is 7. The second kappa shape index (κ2) is 5.85. The summed E-state index contributed by atoms with van der Waals surface area (Å²) >= 11 is 0. The molecule has 1 saturated heterocycles. The van der Waals surface area contributed by atoms with E-state index < -0.39 is 21.7 Å². The van der Waals surface area contributed by atoms with Gasteiger partial charge < -0.3 is 15.3 Å². The first-order valence-corrected chi connectivity index (χ1v) is 7.94. The molecule has 0 saturated carbocycles. The second-order valence-electron chi connectivity index (χ2n) is 5.47. The number of rotatable bonds is 4. The normalized spacial score (nSPS) is 23.0. The molecule has 1 atom stereocenters. The number of anilines is 1. The lowest BCUT2D eigenvalue weighted by molar-refractivity contribution is -0.131. The van der Waals surface area contributed by atoms with Gasteiger partial charge in [-0.05, 0) is 26.0 Å². The number of sulfonamides is 1. The standard InChI is InChI=1S/C12H20N4O4S/c1-12(2)8-16(6-9(7-17)20-12)21(18,19)10-4-3-5-14-11(10)15-13/h3-5,9,17H,6-8,13H2,1-2H3,(H,14,15). The van der Waals surface area contributed by atoms with E-state index in [0.717, 1.165) is 0 Å². The average molecular weight is 316 g/mol. The van der Waals surface area contributed by atoms with Gasteiger partial charge in [-0.1, -0.05) is 0 Å². The molecule has 1 aliphatic heterocycles. The van der Waals surface area contributed by atoms with Crippen molar-refractivity contribution in [2.75, 3.05) is 25.1 Å². The zero-order valence-corrected chi connectivity index (χ0v) is 12.8. The highest BCUT2D eigenvalue weighted by Crippen LogP contribution is 2.28. The van der Waals surface area contributed by atoms with Crippen molar-refractivity contribution in [1.82, 2.24) is 9.29 Å². The number of nitrogen functional groups attached to an aromatic ring is 1. The Morgan fingerprint density at radius 1 is 1.62 bits per heavy atom. The largest absolute Gasteiger partial charge is 0.394 e. The lowest BCUT2D eigenvalue weighted by Gasteiger charge is -2.41. The summed E-state index contributed by atoms with van der Waals surface area (Å²) in [5, 5.41) is 9.29. The summed E-state index contributed by atoms with van der Waals surface area (Å²) in [6, 6.07) is 2.97. The molecular formula is C12H20N4O4S. The maximum atomic E-state index is 12.8. The molecule has 1 unspecified atom stereocenters. The van der Waals surface area contributed by atoms with Crippen LogP contribution in [-0.2, 0) is 14.8 Å². The van der Waals surface area contributed by atoms with Crippen LogP contribution in [0.1, 0.15) is 13.8 Å². The number of nitrogens with one attached hydrogen (secondary N) is 1. The van der Waals surface area contributed by atoms with Crippen LogP contribution in [0.4, 0.5) is 5.82 Å². The third kappa shape index (κ3) is 3.33. The van der Waals surface area contributed by atoms with E-state index >= 15 is 0 Å². The van der Waals surface area contributed by atoms with Crippen molar-refractivity contribution in [3.63, 3.8) is 0 Å². The van der Waals surface area contributed by atoms with Crippen LogP contribution < -0.4 is 11.3 Å². The van der Waals surface area contributed by atoms with E-state index in [1.165, 1.54) is 22.6 Å². The fourth-order valence-corrected chi connectivity index (χ4v) is 4.09. The molecule has 9 heteroatoms. The fourth-order valence-electron chi connectivity index (χ4n) is 2.37. The monoisotopic (exact) mass is 316 g/mol. The van der Waals surface area contributed by atoms with Gasteiger partial charge in [-0.3, -0.25) is 0 Å². The molecule has 2 rings (SSSR count). The van der Waals surface area contributed by atoms with Gasteiger partial charge in [-0.15, -0.1) is 0 Å². The third-order valence-electron chi connectivity index (χ3n) is 3.18. The van der Waals surface area contributed by atoms with Gasteiger partial charge in [0.15, 0.2) is 5.82 Å². The molecule has 1 fully saturated rings. The summed E-state index contributed by atoms with van der Waals surface area (Å²) < 4.78 is 32.5. The number of aliphatic hydroxyl groups is 1. The Balaban J connectivity index is 2.39. The van der Waals surface area contributed by atoms with E-state index in [2.05, 4.69) is 10.4 Å². The van der Waals surface area contributed by atoms with Gasteiger partial charge in [0, 0.05) is 19.3 Å². The van der Waals surface area contributed by atoms with E-state index in [-0.39, 0.29) is 30.4 Å². The SMILES string of the molecule is CC1(C)CN(S(=O)(=O)c2cccnc2NN)CC(CO)O1. The number of hydrazine groups is 1. The quantitative estimate of drug-likeness (QED) is 0.507. The van der Waals surface area contributed by atoms with Gasteiger partial charge in [0.25, 0.3) is 0 Å². The van der Waals surface area contributed by atoms with Gasteiger partial charge in [0.05, 0.1) is 18.3 Å². The molecule has 1 aliphatic rings. The highest BCUT2D eigenvalue weighted by atomic mass is 32.2. The summed E-state index contributed by atoms with van der Waals surface area (Å²) in [5.41, 5.74) is 1.61. The van der Waals surface area contributed by atoms with Crippen molar-refractivity contribution in [2.45, 2.75) is 30.4 Å². The molecule has 0 radical (unpaired) electrons. The number of ether oxygens (including phenoxy) is 1. The molecular weight excluding hydrogens is 296 g/mol. The zero-order valence-electron chi connectivity index (χ0n) is 12.0. The molecule has 21 heavy (non-hydrogen) atoms. The first-order chi connectivity index (χ1) is 9.80. The van der Waals surface area contributed by atoms with E-state index in [1.54, 1.807) is 13.8 Å². The van der Waals surface area contributed by atoms with Gasteiger partial charge >= 0.3 is 0 Å². The second-order valence-corrected chi connectivity index (χ2v) is 7.38. The van der Waals surface area contributed by atoms with Crippen LogP contribution in [-0.4, -0.2) is 54.2 Å². The number of nitrogens with zero attached hydrogens (tertiary/aromatic N) is 2. The maximum absolute atomic E-state index is 12.8. The lowest BCUT2D eigenvalue weighted by Crippen LogP contribution is -2.55. The smallest absolute Gasteiger partial charge is 0.246 e. The highest BCUT2D eigenvalue weighted by molar-refractivity contribution is 7.89. The van der Waals surface area contributed by atoms with Gasteiger partial charge in [0.1, 0.15) is 4.90 Å². The summed E-state index contributed by atoms with van der Waals surface area (Å²) in [7, 11) is -3.78. The molecule has 0 aliphatic carbocycles. The molecule has 0 amide bonds. The minimum absolute atomic E-state index is 0.00175. The van der Waals surface area contributed by atoms with E-state index in [9.17, 15) is 13.5 Å². The topological polar surface area (TPSA) is 118 Å². The molecule has 0 bridgehead atoms. The number of morpholine rings is 1. The average Bonchev–Trinajstić information content (AvgIpc) is 2.45. The zero-order chi connectivity index (χ0) is 15.7. The van der Waals surface area contributed by atoms with Crippen LogP contribution in [0.15, 0.2) is 23.2 Å². The van der Waals surface area contributed by atoms with Crippen molar-refractivity contribution in [3.05, 3.63) is 18.3 Å². The van der Waals surface area contributed by atoms with Crippen molar-refractivity contribution in [3.8, 4) is 0 Å². The van der Waals surface area contributed by atoms with Crippen molar-refractivity contribution in [2.24, 2.45) is 5.84 Å². The number of hydrogen-bond donors (Lipinski definition) is 3. The molecule has 118 valence electrons. The van der Waals surface area contributed by atoms with Crippen molar-refractivity contribution in [1.29, 1.82) is 0 Å². The molecule has 8 nitrogen and oxygen atoms in total. The van der Waals surface area contributed by atoms with Gasteiger partial charge in [0.2, 0.25) is 10.0 Å². The highest BCUT2D eigenvalue weighted by Gasteiger charge is 2.40. The summed E-state index contributed by atoms with van der Waals surface area (Å²) in [6.07, 6.45) is 0.892. The molecule has 0 aromatic carbocycles. The van der Waals surface area contributed by atoms with Gasteiger partial charge in [-0.2, -0.15) is 4.31 Å². The van der Waals surface area contributed by atoms with E-state index in [4.69, 9.17) is 10.6 Å². The van der Waals surface area contributed by atoms with Gasteiger partial charge in [-0.25, -0.2) is 19.2 Å². The predicted molar refractivity (Wildman–Crippen MR) is 76.8 cm³/mol. The summed E-state index contributed by atoms with van der Waals surface area (Å²) in [4.78, 5) is 3.91. The number of aliphatic hydroxyl groups excluding tert-OH is 1. The number of pyridine rings is 1.